The lowest BCUT2D eigenvalue weighted by molar-refractivity contribution is -0.132. The maximum atomic E-state index is 14.1. The van der Waals surface area contributed by atoms with Crippen LogP contribution >= 0.6 is 0 Å². The normalized spacial score (nSPS) is 17.5. The lowest BCUT2D eigenvalue weighted by Gasteiger charge is -2.37. The Balaban J connectivity index is 1.29. The van der Waals surface area contributed by atoms with Gasteiger partial charge in [0.1, 0.15) is 5.75 Å². The maximum absolute atomic E-state index is 14.1. The van der Waals surface area contributed by atoms with Crippen molar-refractivity contribution < 1.29 is 17.9 Å². The first-order chi connectivity index (χ1) is 18.5. The first-order valence-electron chi connectivity index (χ1n) is 12.8. The molecule has 0 aliphatic carbocycles. The van der Waals surface area contributed by atoms with Crippen molar-refractivity contribution in [3.63, 3.8) is 0 Å². The molecular weight excluding hydrogens is 498 g/mol. The Bertz CT molecular complexity index is 1600. The van der Waals surface area contributed by atoms with Gasteiger partial charge in [0.05, 0.1) is 30.2 Å². The zero-order valence-corrected chi connectivity index (χ0v) is 22.0. The number of anilines is 2. The van der Waals surface area contributed by atoms with Crippen molar-refractivity contribution in [1.82, 2.24) is 4.90 Å². The van der Waals surface area contributed by atoms with Gasteiger partial charge in [0.2, 0.25) is 5.91 Å². The van der Waals surface area contributed by atoms with E-state index >= 15 is 0 Å². The molecule has 1 atom stereocenters. The topological polar surface area (TPSA) is 70.2 Å². The van der Waals surface area contributed by atoms with E-state index < -0.39 is 15.9 Å². The highest BCUT2D eigenvalue weighted by Crippen LogP contribution is 2.42. The molecule has 4 aromatic rings. The average Bonchev–Trinajstić information content (AvgIpc) is 3.37. The minimum absolute atomic E-state index is 0.0255. The Hall–Kier alpha value is -4.04. The van der Waals surface area contributed by atoms with Gasteiger partial charge in [-0.3, -0.25) is 9.10 Å². The number of carbonyl (C=O) groups excluding carboxylic acids is 1. The molecule has 0 aromatic heterocycles. The third kappa shape index (κ3) is 4.05. The molecule has 1 unspecified atom stereocenters. The van der Waals surface area contributed by atoms with Crippen LogP contribution in [0.15, 0.2) is 95.9 Å². The van der Waals surface area contributed by atoms with Crippen LogP contribution in [0.5, 0.6) is 5.75 Å². The van der Waals surface area contributed by atoms with Gasteiger partial charge < -0.3 is 14.5 Å². The molecule has 194 valence electrons. The maximum Gasteiger partial charge on any atom is 0.264 e. The summed E-state index contributed by atoms with van der Waals surface area (Å²) >= 11 is 0. The SMILES string of the molecule is COc1ccc(S(=O)(=O)N2CC(C(=O)N3CCN(c4ccccc4)CC3)c3ccccc32)c2ccccc12. The summed E-state index contributed by atoms with van der Waals surface area (Å²) in [7, 11) is -2.37. The molecule has 4 aromatic carbocycles. The first kappa shape index (κ1) is 24.3. The highest BCUT2D eigenvalue weighted by molar-refractivity contribution is 7.93. The van der Waals surface area contributed by atoms with Crippen LogP contribution in [0, 0.1) is 0 Å². The van der Waals surface area contributed by atoms with E-state index in [1.807, 2.05) is 59.5 Å². The number of piperazine rings is 1. The standard InChI is InChI=1S/C30H29N3O4S/c1-37-28-15-16-29(25-13-6-5-12-24(25)28)38(35,36)33-21-26(23-11-7-8-14-27(23)33)30(34)32-19-17-31(18-20-32)22-9-3-2-4-10-22/h2-16,26H,17-21H2,1H3. The quantitative estimate of drug-likeness (QED) is 0.383. The van der Waals surface area contributed by atoms with E-state index in [1.54, 1.807) is 31.4 Å². The van der Waals surface area contributed by atoms with E-state index in [1.165, 1.54) is 4.31 Å². The van der Waals surface area contributed by atoms with Crippen molar-refractivity contribution in [3.05, 3.63) is 96.6 Å². The summed E-state index contributed by atoms with van der Waals surface area (Å²) in [5.74, 6) is 0.0419. The van der Waals surface area contributed by atoms with Crippen LogP contribution < -0.4 is 13.9 Å². The summed E-state index contributed by atoms with van der Waals surface area (Å²) in [6, 6.07) is 28.1. The summed E-state index contributed by atoms with van der Waals surface area (Å²) in [4.78, 5) is 18.1. The van der Waals surface area contributed by atoms with Gasteiger partial charge in [0.15, 0.2) is 0 Å². The predicted molar refractivity (Wildman–Crippen MR) is 149 cm³/mol. The number of amides is 1. The fraction of sp³-hybridized carbons (Fsp3) is 0.233. The summed E-state index contributed by atoms with van der Waals surface area (Å²) in [5, 5.41) is 1.32. The predicted octanol–water partition coefficient (Wildman–Crippen LogP) is 4.49. The molecule has 0 N–H and O–H groups in total. The summed E-state index contributed by atoms with van der Waals surface area (Å²) in [6.07, 6.45) is 0. The van der Waals surface area contributed by atoms with E-state index in [9.17, 15) is 13.2 Å². The van der Waals surface area contributed by atoms with Crippen LogP contribution in [0.25, 0.3) is 10.8 Å². The molecule has 1 fully saturated rings. The minimum Gasteiger partial charge on any atom is -0.496 e. The lowest BCUT2D eigenvalue weighted by atomic mass is 9.99. The van der Waals surface area contributed by atoms with Gasteiger partial charge in [-0.2, -0.15) is 0 Å². The number of carbonyl (C=O) groups is 1. The number of fused-ring (bicyclic) bond motifs is 2. The second-order valence-electron chi connectivity index (χ2n) is 9.61. The zero-order valence-electron chi connectivity index (χ0n) is 21.2. The van der Waals surface area contributed by atoms with Gasteiger partial charge in [-0.15, -0.1) is 0 Å². The van der Waals surface area contributed by atoms with Crippen LogP contribution in [0.4, 0.5) is 11.4 Å². The number of sulfonamides is 1. The second-order valence-corrected chi connectivity index (χ2v) is 11.4. The molecule has 0 saturated carbocycles. The van der Waals surface area contributed by atoms with Crippen molar-refractivity contribution >= 4 is 38.1 Å². The fourth-order valence-corrected chi connectivity index (χ4v) is 7.32. The third-order valence-corrected chi connectivity index (χ3v) is 9.41. The van der Waals surface area contributed by atoms with E-state index in [-0.39, 0.29) is 17.3 Å². The molecule has 1 saturated heterocycles. The number of hydrogen-bond acceptors (Lipinski definition) is 5. The molecule has 7 nitrogen and oxygen atoms in total. The van der Waals surface area contributed by atoms with Crippen molar-refractivity contribution in [2.24, 2.45) is 0 Å². The van der Waals surface area contributed by atoms with Gasteiger partial charge >= 0.3 is 0 Å². The highest BCUT2D eigenvalue weighted by Gasteiger charge is 2.42. The first-order valence-corrected chi connectivity index (χ1v) is 14.2. The number of benzene rings is 4. The van der Waals surface area contributed by atoms with E-state index in [2.05, 4.69) is 17.0 Å². The van der Waals surface area contributed by atoms with Crippen LogP contribution in [0.2, 0.25) is 0 Å². The summed E-state index contributed by atoms with van der Waals surface area (Å²) < 4.78 is 35.1. The van der Waals surface area contributed by atoms with Gasteiger partial charge in [0, 0.05) is 42.6 Å². The molecule has 2 heterocycles. The molecule has 8 heteroatoms. The molecule has 0 spiro atoms. The number of nitrogens with zero attached hydrogens (tertiary/aromatic N) is 3. The average molecular weight is 528 g/mol. The van der Waals surface area contributed by atoms with E-state index in [4.69, 9.17) is 4.74 Å². The lowest BCUT2D eigenvalue weighted by Crippen LogP contribution is -2.50. The molecule has 2 aliphatic rings. The van der Waals surface area contributed by atoms with Gasteiger partial charge in [-0.1, -0.05) is 60.7 Å². The summed E-state index contributed by atoms with van der Waals surface area (Å²) in [6.45, 7) is 2.76. The minimum atomic E-state index is -3.95. The highest BCUT2D eigenvalue weighted by atomic mass is 32.2. The van der Waals surface area contributed by atoms with Crippen molar-refractivity contribution in [3.8, 4) is 5.75 Å². The molecule has 6 rings (SSSR count). The number of hydrogen-bond donors (Lipinski definition) is 0. The largest absolute Gasteiger partial charge is 0.496 e. The van der Waals surface area contributed by atoms with Crippen LogP contribution in [-0.2, 0) is 14.8 Å². The van der Waals surface area contributed by atoms with Crippen molar-refractivity contribution in [2.45, 2.75) is 10.8 Å². The zero-order chi connectivity index (χ0) is 26.3. The summed E-state index contributed by atoms with van der Waals surface area (Å²) in [5.41, 5.74) is 2.47. The second kappa shape index (κ2) is 9.68. The number of ether oxygens (including phenoxy) is 1. The Morgan fingerprint density at radius 2 is 1.45 bits per heavy atom. The third-order valence-electron chi connectivity index (χ3n) is 7.57. The smallest absolute Gasteiger partial charge is 0.264 e. The van der Waals surface area contributed by atoms with Crippen molar-refractivity contribution in [1.29, 1.82) is 0 Å². The number of rotatable bonds is 5. The van der Waals surface area contributed by atoms with Crippen molar-refractivity contribution in [2.75, 3.05) is 49.0 Å². The van der Waals surface area contributed by atoms with Gasteiger partial charge in [0.25, 0.3) is 10.0 Å². The van der Waals surface area contributed by atoms with Crippen LogP contribution in [0.1, 0.15) is 11.5 Å². The molecule has 0 radical (unpaired) electrons. The Labute approximate surface area is 222 Å². The Kier molecular flexibility index (Phi) is 6.19. The Morgan fingerprint density at radius 1 is 0.789 bits per heavy atom. The van der Waals surface area contributed by atoms with Crippen LogP contribution in [0.3, 0.4) is 0 Å². The monoisotopic (exact) mass is 527 g/mol. The molecule has 2 aliphatic heterocycles. The molecule has 0 bridgehead atoms. The fourth-order valence-electron chi connectivity index (χ4n) is 5.62. The Morgan fingerprint density at radius 3 is 2.18 bits per heavy atom. The molecule has 38 heavy (non-hydrogen) atoms. The number of para-hydroxylation sites is 2. The van der Waals surface area contributed by atoms with E-state index in [0.29, 0.717) is 29.9 Å². The van der Waals surface area contributed by atoms with Gasteiger partial charge in [-0.25, -0.2) is 8.42 Å². The van der Waals surface area contributed by atoms with E-state index in [0.717, 1.165) is 29.7 Å². The van der Waals surface area contributed by atoms with Crippen LogP contribution in [-0.4, -0.2) is 59.1 Å². The molecule has 1 amide bonds. The van der Waals surface area contributed by atoms with Gasteiger partial charge in [-0.05, 0) is 35.9 Å². The number of methoxy groups -OCH3 is 1. The molecular formula is C30H29N3O4S.